The number of nitrogens with two attached hydrogens (primary N) is 1. The topological polar surface area (TPSA) is 89.3 Å². The predicted octanol–water partition coefficient (Wildman–Crippen LogP) is 0.814. The van der Waals surface area contributed by atoms with E-state index in [9.17, 15) is 4.79 Å². The molecule has 4 N–H and O–H groups in total. The minimum Gasteiger partial charge on any atom is -0.490 e. The molecule has 1 amide bonds. The standard InChI is InChI=1S/C10H16N4O2S/c1-16-8-9(11)14-17-10(8)12-5-4-7(15)13-6-2-3-6/h6,12H,2-5H2,1H3,(H2,11,14)(H,13,15). The van der Waals surface area contributed by atoms with Gasteiger partial charge in [0.2, 0.25) is 5.91 Å². The maximum atomic E-state index is 11.4. The van der Waals surface area contributed by atoms with Crippen molar-refractivity contribution in [1.82, 2.24) is 9.69 Å². The van der Waals surface area contributed by atoms with Crippen LogP contribution >= 0.6 is 11.5 Å². The van der Waals surface area contributed by atoms with Gasteiger partial charge in [0, 0.05) is 19.0 Å². The lowest BCUT2D eigenvalue weighted by molar-refractivity contribution is -0.120. The lowest BCUT2D eigenvalue weighted by Crippen LogP contribution is -2.27. The van der Waals surface area contributed by atoms with Crippen LogP contribution in [0.1, 0.15) is 19.3 Å². The molecule has 7 heteroatoms. The van der Waals surface area contributed by atoms with Crippen molar-refractivity contribution >= 4 is 28.3 Å². The monoisotopic (exact) mass is 256 g/mol. The van der Waals surface area contributed by atoms with Gasteiger partial charge in [-0.3, -0.25) is 4.79 Å². The average Bonchev–Trinajstić information content (AvgIpc) is 3.03. The van der Waals surface area contributed by atoms with E-state index in [1.165, 1.54) is 11.5 Å². The second kappa shape index (κ2) is 5.22. The zero-order valence-electron chi connectivity index (χ0n) is 9.66. The van der Waals surface area contributed by atoms with Gasteiger partial charge < -0.3 is 21.1 Å². The largest absolute Gasteiger partial charge is 0.490 e. The molecule has 0 unspecified atom stereocenters. The molecule has 1 aromatic rings. The van der Waals surface area contributed by atoms with Gasteiger partial charge in [0.25, 0.3) is 0 Å². The van der Waals surface area contributed by atoms with Gasteiger partial charge in [-0.2, -0.15) is 4.37 Å². The molecule has 1 saturated carbocycles. The third-order valence-corrected chi connectivity index (χ3v) is 3.26. The summed E-state index contributed by atoms with van der Waals surface area (Å²) in [6, 6.07) is 0.413. The number of nitrogens with zero attached hydrogens (tertiary/aromatic N) is 1. The van der Waals surface area contributed by atoms with E-state index in [1.807, 2.05) is 0 Å². The number of methoxy groups -OCH3 is 1. The van der Waals surface area contributed by atoms with Crippen LogP contribution in [0.15, 0.2) is 0 Å². The Bertz CT molecular complexity index is 403. The van der Waals surface area contributed by atoms with Crippen LogP contribution in [-0.2, 0) is 4.79 Å². The number of rotatable bonds is 6. The Hall–Kier alpha value is -1.50. The Morgan fingerprint density at radius 3 is 3.06 bits per heavy atom. The van der Waals surface area contributed by atoms with Crippen LogP contribution in [0.5, 0.6) is 5.75 Å². The number of ether oxygens (including phenoxy) is 1. The van der Waals surface area contributed by atoms with Gasteiger partial charge in [0.05, 0.1) is 7.11 Å². The Balaban J connectivity index is 1.74. The van der Waals surface area contributed by atoms with Crippen molar-refractivity contribution in [2.45, 2.75) is 25.3 Å². The fourth-order valence-corrected chi connectivity index (χ4v) is 2.13. The van der Waals surface area contributed by atoms with E-state index in [-0.39, 0.29) is 5.91 Å². The summed E-state index contributed by atoms with van der Waals surface area (Å²) in [5, 5.41) is 6.79. The summed E-state index contributed by atoms with van der Waals surface area (Å²) >= 11 is 1.24. The Labute approximate surface area is 104 Å². The average molecular weight is 256 g/mol. The van der Waals surface area contributed by atoms with Gasteiger partial charge in [0.1, 0.15) is 0 Å². The normalized spacial score (nSPS) is 14.4. The first kappa shape index (κ1) is 12.0. The Morgan fingerprint density at radius 1 is 1.65 bits per heavy atom. The zero-order valence-corrected chi connectivity index (χ0v) is 10.5. The summed E-state index contributed by atoms with van der Waals surface area (Å²) in [5.74, 6) is 1.01. The molecule has 0 bridgehead atoms. The first-order valence-electron chi connectivity index (χ1n) is 5.53. The Kier molecular flexibility index (Phi) is 3.68. The van der Waals surface area contributed by atoms with Gasteiger partial charge in [-0.1, -0.05) is 0 Å². The van der Waals surface area contributed by atoms with Crippen LogP contribution in [0, 0.1) is 0 Å². The molecule has 0 aliphatic heterocycles. The molecule has 94 valence electrons. The molecule has 0 atom stereocenters. The molecule has 0 spiro atoms. The van der Waals surface area contributed by atoms with E-state index in [0.29, 0.717) is 30.6 Å². The van der Waals surface area contributed by atoms with Crippen LogP contribution < -0.4 is 21.1 Å². The molecule has 17 heavy (non-hydrogen) atoms. The summed E-state index contributed by atoms with van der Waals surface area (Å²) in [7, 11) is 1.55. The highest BCUT2D eigenvalue weighted by Crippen LogP contribution is 2.34. The van der Waals surface area contributed by atoms with Gasteiger partial charge in [-0.25, -0.2) is 0 Å². The molecular formula is C10H16N4O2S. The second-order valence-electron chi connectivity index (χ2n) is 3.95. The number of anilines is 2. The summed E-state index contributed by atoms with van der Waals surface area (Å²) < 4.78 is 9.08. The van der Waals surface area contributed by atoms with Crippen molar-refractivity contribution in [3.8, 4) is 5.75 Å². The smallest absolute Gasteiger partial charge is 0.221 e. The van der Waals surface area contributed by atoms with E-state index in [0.717, 1.165) is 17.8 Å². The number of aromatic nitrogens is 1. The third-order valence-electron chi connectivity index (χ3n) is 2.46. The molecule has 0 saturated heterocycles. The molecule has 6 nitrogen and oxygen atoms in total. The van der Waals surface area contributed by atoms with Crippen LogP contribution in [0.2, 0.25) is 0 Å². The second-order valence-corrected chi connectivity index (χ2v) is 4.72. The lowest BCUT2D eigenvalue weighted by atomic mass is 10.4. The minimum atomic E-state index is 0.0801. The molecule has 1 aliphatic carbocycles. The molecule has 1 heterocycles. The maximum absolute atomic E-state index is 11.4. The zero-order chi connectivity index (χ0) is 12.3. The van der Waals surface area contributed by atoms with Crippen molar-refractivity contribution in [3.05, 3.63) is 0 Å². The van der Waals surface area contributed by atoms with Gasteiger partial charge in [-0.05, 0) is 24.4 Å². The predicted molar refractivity (Wildman–Crippen MR) is 67.3 cm³/mol. The summed E-state index contributed by atoms with van der Waals surface area (Å²) in [4.78, 5) is 11.4. The highest BCUT2D eigenvalue weighted by Gasteiger charge is 2.22. The SMILES string of the molecule is COc1c(N)nsc1NCCC(=O)NC1CC1. The number of nitrogen functional groups attached to an aromatic ring is 1. The van der Waals surface area contributed by atoms with E-state index in [4.69, 9.17) is 10.5 Å². The van der Waals surface area contributed by atoms with Crippen LogP contribution in [-0.4, -0.2) is 30.0 Å². The van der Waals surface area contributed by atoms with E-state index >= 15 is 0 Å². The maximum Gasteiger partial charge on any atom is 0.221 e. The lowest BCUT2D eigenvalue weighted by Gasteiger charge is -2.06. The van der Waals surface area contributed by atoms with Crippen molar-refractivity contribution in [2.75, 3.05) is 24.7 Å². The minimum absolute atomic E-state index is 0.0801. The van der Waals surface area contributed by atoms with Crippen LogP contribution in [0.25, 0.3) is 0 Å². The first-order chi connectivity index (χ1) is 8.20. The highest BCUT2D eigenvalue weighted by molar-refractivity contribution is 7.11. The third kappa shape index (κ3) is 3.23. The number of hydrogen-bond donors (Lipinski definition) is 3. The molecule has 1 aliphatic rings. The molecule has 1 fully saturated rings. The van der Waals surface area contributed by atoms with E-state index < -0.39 is 0 Å². The van der Waals surface area contributed by atoms with Gasteiger partial charge in [-0.15, -0.1) is 0 Å². The van der Waals surface area contributed by atoms with Crippen LogP contribution in [0.3, 0.4) is 0 Å². The van der Waals surface area contributed by atoms with Crippen LogP contribution in [0.4, 0.5) is 10.8 Å². The highest BCUT2D eigenvalue weighted by atomic mass is 32.1. The first-order valence-corrected chi connectivity index (χ1v) is 6.30. The summed E-state index contributed by atoms with van der Waals surface area (Å²) in [6.07, 6.45) is 2.66. The van der Waals surface area contributed by atoms with Gasteiger partial charge >= 0.3 is 0 Å². The molecule has 0 radical (unpaired) electrons. The molecule has 2 rings (SSSR count). The van der Waals surface area contributed by atoms with Gasteiger partial charge in [0.15, 0.2) is 16.6 Å². The Morgan fingerprint density at radius 2 is 2.41 bits per heavy atom. The molecule has 0 aromatic carbocycles. The number of hydrogen-bond acceptors (Lipinski definition) is 6. The van der Waals surface area contributed by atoms with E-state index in [2.05, 4.69) is 15.0 Å². The number of carbonyl (C=O) groups excluding carboxylic acids is 1. The number of nitrogens with one attached hydrogen (secondary N) is 2. The number of carbonyl (C=O) groups is 1. The van der Waals surface area contributed by atoms with Crippen molar-refractivity contribution in [1.29, 1.82) is 0 Å². The van der Waals surface area contributed by atoms with Crippen molar-refractivity contribution in [2.24, 2.45) is 0 Å². The van der Waals surface area contributed by atoms with E-state index in [1.54, 1.807) is 7.11 Å². The summed E-state index contributed by atoms with van der Waals surface area (Å²) in [5.41, 5.74) is 5.61. The quantitative estimate of drug-likeness (QED) is 0.701. The van der Waals surface area contributed by atoms with Crippen molar-refractivity contribution < 1.29 is 9.53 Å². The fourth-order valence-electron chi connectivity index (χ4n) is 1.42. The molecule has 1 aromatic heterocycles. The summed E-state index contributed by atoms with van der Waals surface area (Å²) in [6.45, 7) is 0.552. The molecular weight excluding hydrogens is 240 g/mol. The fraction of sp³-hybridized carbons (Fsp3) is 0.600. The number of amides is 1. The van der Waals surface area contributed by atoms with Crippen molar-refractivity contribution in [3.63, 3.8) is 0 Å².